The van der Waals surface area contributed by atoms with E-state index in [1.807, 2.05) is 0 Å². The third kappa shape index (κ3) is 10.2. The normalized spacial score (nSPS) is 11.9. The van der Waals surface area contributed by atoms with Gasteiger partial charge in [-0.2, -0.15) is 0 Å². The molecule has 4 heteroatoms. The molecule has 0 spiro atoms. The minimum atomic E-state index is -3.85. The number of unbranched alkanes of at least 4 members (excludes halogenated alkanes) is 5. The average molecular weight is 193 g/mol. The predicted octanol–water partition coefficient (Wildman–Crippen LogP) is 2.69. The Bertz CT molecular complexity index is 141. The van der Waals surface area contributed by atoms with Gasteiger partial charge in [0.15, 0.2) is 0 Å². The van der Waals surface area contributed by atoms with Gasteiger partial charge in [-0.05, 0) is 6.42 Å². The largest absolute Gasteiger partial charge is 0.329 e. The molecule has 0 heterocycles. The van der Waals surface area contributed by atoms with Crippen LogP contribution < -0.4 is 0 Å². The molecule has 0 aliphatic carbocycles. The van der Waals surface area contributed by atoms with Gasteiger partial charge in [0.05, 0.1) is 6.16 Å². The van der Waals surface area contributed by atoms with Gasteiger partial charge in [0.1, 0.15) is 0 Å². The maximum absolute atomic E-state index is 10.4. The molecule has 2 N–H and O–H groups in total. The first-order chi connectivity index (χ1) is 5.56. The highest BCUT2D eigenvalue weighted by atomic mass is 31.2. The summed E-state index contributed by atoms with van der Waals surface area (Å²) in [5, 5.41) is 0. The number of hydrogen-bond acceptors (Lipinski definition) is 1. The van der Waals surface area contributed by atoms with E-state index in [0.717, 1.165) is 19.0 Å². The smallest absolute Gasteiger partial charge is 0.324 e. The van der Waals surface area contributed by atoms with Crippen molar-refractivity contribution < 1.29 is 14.4 Å². The molecule has 0 aromatic heterocycles. The molecule has 12 heavy (non-hydrogen) atoms. The SMILES string of the molecule is CCCCCCC[CH]P(=O)(O)O. The minimum absolute atomic E-state index is 0.536. The Balaban J connectivity index is 3.06. The van der Waals surface area contributed by atoms with E-state index in [1.54, 1.807) is 0 Å². The van der Waals surface area contributed by atoms with E-state index in [0.29, 0.717) is 6.42 Å². The van der Waals surface area contributed by atoms with E-state index >= 15 is 0 Å². The van der Waals surface area contributed by atoms with Crippen molar-refractivity contribution in [1.29, 1.82) is 0 Å². The Morgan fingerprint density at radius 2 is 1.75 bits per heavy atom. The second kappa shape index (κ2) is 6.64. The Morgan fingerprint density at radius 3 is 2.25 bits per heavy atom. The third-order valence-corrected chi connectivity index (χ3v) is 2.41. The molecule has 73 valence electrons. The van der Waals surface area contributed by atoms with Crippen LogP contribution in [0.1, 0.15) is 45.4 Å². The first-order valence-corrected chi connectivity index (χ1v) is 6.14. The van der Waals surface area contributed by atoms with Gasteiger partial charge in [0, 0.05) is 0 Å². The van der Waals surface area contributed by atoms with Crippen molar-refractivity contribution in [3.63, 3.8) is 0 Å². The first-order valence-electron chi connectivity index (χ1n) is 4.46. The van der Waals surface area contributed by atoms with Crippen LogP contribution in [-0.2, 0) is 4.57 Å². The van der Waals surface area contributed by atoms with Crippen molar-refractivity contribution in [2.45, 2.75) is 45.4 Å². The van der Waals surface area contributed by atoms with E-state index < -0.39 is 7.60 Å². The summed E-state index contributed by atoms with van der Waals surface area (Å²) in [7, 11) is -3.85. The fourth-order valence-corrected chi connectivity index (χ4v) is 1.53. The quantitative estimate of drug-likeness (QED) is 0.482. The summed E-state index contributed by atoms with van der Waals surface area (Å²) in [6.45, 7) is 2.14. The molecule has 0 aliphatic rings. The topological polar surface area (TPSA) is 57.5 Å². The zero-order chi connectivity index (χ0) is 9.45. The molecule has 0 unspecified atom stereocenters. The Hall–Kier alpha value is 0.150. The molecule has 0 amide bonds. The fraction of sp³-hybridized carbons (Fsp3) is 0.875. The molecule has 3 nitrogen and oxygen atoms in total. The Labute approximate surface area is 74.3 Å². The Kier molecular flexibility index (Phi) is 6.73. The lowest BCUT2D eigenvalue weighted by Gasteiger charge is -2.02. The highest BCUT2D eigenvalue weighted by molar-refractivity contribution is 7.54. The van der Waals surface area contributed by atoms with Gasteiger partial charge < -0.3 is 9.79 Å². The van der Waals surface area contributed by atoms with Crippen molar-refractivity contribution in [2.24, 2.45) is 0 Å². The van der Waals surface area contributed by atoms with Crippen LogP contribution in [0.25, 0.3) is 0 Å². The van der Waals surface area contributed by atoms with Crippen molar-refractivity contribution in [2.75, 3.05) is 0 Å². The molecule has 0 saturated heterocycles. The summed E-state index contributed by atoms with van der Waals surface area (Å²) in [5.74, 6) is 0. The zero-order valence-corrected chi connectivity index (χ0v) is 8.46. The molecular weight excluding hydrogens is 175 g/mol. The highest BCUT2D eigenvalue weighted by Gasteiger charge is 2.11. The lowest BCUT2D eigenvalue weighted by molar-refractivity contribution is 0.378. The molecular formula is C8H18O3P. The molecule has 0 rings (SSSR count). The number of rotatable bonds is 7. The van der Waals surface area contributed by atoms with Gasteiger partial charge in [-0.15, -0.1) is 0 Å². The molecule has 1 radical (unpaired) electrons. The van der Waals surface area contributed by atoms with Gasteiger partial charge in [0.25, 0.3) is 0 Å². The lowest BCUT2D eigenvalue weighted by Crippen LogP contribution is -1.82. The summed E-state index contributed by atoms with van der Waals surface area (Å²) in [6, 6.07) is 0. The van der Waals surface area contributed by atoms with Gasteiger partial charge in [0.2, 0.25) is 0 Å². The van der Waals surface area contributed by atoms with Crippen LogP contribution in [0.5, 0.6) is 0 Å². The van der Waals surface area contributed by atoms with E-state index in [9.17, 15) is 4.57 Å². The van der Waals surface area contributed by atoms with E-state index in [1.165, 1.54) is 19.3 Å². The van der Waals surface area contributed by atoms with Crippen molar-refractivity contribution in [3.05, 3.63) is 6.16 Å². The van der Waals surface area contributed by atoms with Crippen molar-refractivity contribution >= 4 is 7.60 Å². The standard InChI is InChI=1S/C8H18O3P/c1-2-3-4-5-6-7-8-12(9,10)11/h8H,2-7H2,1H3,(H2,9,10,11). The van der Waals surface area contributed by atoms with E-state index in [2.05, 4.69) is 6.92 Å². The molecule has 0 fully saturated rings. The summed E-state index contributed by atoms with van der Waals surface area (Å²) < 4.78 is 10.4. The van der Waals surface area contributed by atoms with Gasteiger partial charge in [-0.3, -0.25) is 4.57 Å². The first kappa shape index (κ1) is 12.2. The maximum atomic E-state index is 10.4. The molecule has 0 aromatic rings. The molecule has 0 atom stereocenters. The second-order valence-electron chi connectivity index (χ2n) is 2.97. The molecule has 0 bridgehead atoms. The zero-order valence-electron chi connectivity index (χ0n) is 7.57. The Morgan fingerprint density at radius 1 is 1.17 bits per heavy atom. The second-order valence-corrected chi connectivity index (χ2v) is 4.52. The summed E-state index contributed by atoms with van der Waals surface area (Å²) in [5.41, 5.74) is 0. The van der Waals surface area contributed by atoms with Crippen LogP contribution in [-0.4, -0.2) is 9.79 Å². The van der Waals surface area contributed by atoms with E-state index in [4.69, 9.17) is 9.79 Å². The van der Waals surface area contributed by atoms with Crippen molar-refractivity contribution in [1.82, 2.24) is 0 Å². The summed E-state index contributed by atoms with van der Waals surface area (Å²) >= 11 is 0. The fourth-order valence-electron chi connectivity index (χ4n) is 1.01. The monoisotopic (exact) mass is 193 g/mol. The number of hydrogen-bond donors (Lipinski definition) is 2. The minimum Gasteiger partial charge on any atom is -0.324 e. The summed E-state index contributed by atoms with van der Waals surface area (Å²) in [4.78, 5) is 17.0. The average Bonchev–Trinajstić information content (AvgIpc) is 1.94. The third-order valence-electron chi connectivity index (χ3n) is 1.67. The predicted molar refractivity (Wildman–Crippen MR) is 49.7 cm³/mol. The van der Waals surface area contributed by atoms with Crippen LogP contribution in [0.3, 0.4) is 0 Å². The van der Waals surface area contributed by atoms with Crippen LogP contribution in [0, 0.1) is 6.16 Å². The maximum Gasteiger partial charge on any atom is 0.329 e. The van der Waals surface area contributed by atoms with Crippen LogP contribution in [0.2, 0.25) is 0 Å². The van der Waals surface area contributed by atoms with Gasteiger partial charge in [-0.1, -0.05) is 39.0 Å². The van der Waals surface area contributed by atoms with E-state index in [-0.39, 0.29) is 0 Å². The van der Waals surface area contributed by atoms with Crippen LogP contribution >= 0.6 is 7.60 Å². The molecule has 0 aliphatic heterocycles. The van der Waals surface area contributed by atoms with Crippen LogP contribution in [0.4, 0.5) is 0 Å². The molecule has 0 saturated carbocycles. The lowest BCUT2D eigenvalue weighted by atomic mass is 10.1. The molecule has 0 aromatic carbocycles. The highest BCUT2D eigenvalue weighted by Crippen LogP contribution is 2.40. The van der Waals surface area contributed by atoms with Crippen molar-refractivity contribution in [3.8, 4) is 0 Å². The van der Waals surface area contributed by atoms with Gasteiger partial charge >= 0.3 is 7.60 Å². The van der Waals surface area contributed by atoms with Gasteiger partial charge in [-0.25, -0.2) is 0 Å². The summed E-state index contributed by atoms with van der Waals surface area (Å²) in [6.07, 6.45) is 7.20. The van der Waals surface area contributed by atoms with Crippen LogP contribution in [0.15, 0.2) is 0 Å².